The first kappa shape index (κ1) is 26.0. The molecule has 2 aromatic heterocycles. The Bertz CT molecular complexity index is 1180. The van der Waals surface area contributed by atoms with Crippen molar-refractivity contribution in [1.29, 1.82) is 0 Å². The molecule has 35 heavy (non-hydrogen) atoms. The van der Waals surface area contributed by atoms with Crippen LogP contribution in [0, 0.1) is 0 Å². The van der Waals surface area contributed by atoms with Gasteiger partial charge >= 0.3 is 0 Å². The lowest BCUT2D eigenvalue weighted by atomic mass is 10.0. The fourth-order valence-electron chi connectivity index (χ4n) is 4.46. The molecule has 1 saturated heterocycles. The standard InChI is InChI=1S/C26H36BrN5O2Si/c1-30(2)20-9-12-31(13-10-20)21-6-7-22-23(17-21)32(18-34-14-15-35(3,4)5)26(29-22)25(33)19-8-11-28-24(27)16-19/h6-8,11,16-17,20H,9-10,12-15,18H2,1-5H3. The lowest BCUT2D eigenvalue weighted by Crippen LogP contribution is -2.41. The lowest BCUT2D eigenvalue weighted by molar-refractivity contribution is 0.0834. The van der Waals surface area contributed by atoms with Gasteiger partial charge in [0.2, 0.25) is 5.78 Å². The average Bonchev–Trinajstić information content (AvgIpc) is 3.18. The molecule has 1 aromatic carbocycles. The third kappa shape index (κ3) is 6.38. The summed E-state index contributed by atoms with van der Waals surface area (Å²) >= 11 is 3.37. The predicted molar refractivity (Wildman–Crippen MR) is 148 cm³/mol. The maximum absolute atomic E-state index is 13.5. The Labute approximate surface area is 217 Å². The number of rotatable bonds is 9. The van der Waals surface area contributed by atoms with Crippen LogP contribution in [-0.4, -0.2) is 73.1 Å². The van der Waals surface area contributed by atoms with Crippen LogP contribution >= 0.6 is 15.9 Å². The van der Waals surface area contributed by atoms with Gasteiger partial charge in [-0.2, -0.15) is 0 Å². The Balaban J connectivity index is 1.65. The molecule has 1 fully saturated rings. The van der Waals surface area contributed by atoms with Gasteiger partial charge in [0.05, 0.1) is 11.0 Å². The summed E-state index contributed by atoms with van der Waals surface area (Å²) in [6.07, 6.45) is 3.92. The van der Waals surface area contributed by atoms with E-state index < -0.39 is 8.07 Å². The molecule has 0 amide bonds. The van der Waals surface area contributed by atoms with E-state index in [0.717, 1.165) is 43.0 Å². The number of benzene rings is 1. The second kappa shape index (κ2) is 10.9. The van der Waals surface area contributed by atoms with Crippen LogP contribution in [0.2, 0.25) is 25.7 Å². The first-order valence-electron chi connectivity index (χ1n) is 12.3. The van der Waals surface area contributed by atoms with Gasteiger partial charge in [-0.3, -0.25) is 9.36 Å². The fraction of sp³-hybridized carbons (Fsp3) is 0.500. The summed E-state index contributed by atoms with van der Waals surface area (Å²) < 4.78 is 8.67. The van der Waals surface area contributed by atoms with E-state index in [1.54, 1.807) is 18.3 Å². The molecule has 0 spiro atoms. The van der Waals surface area contributed by atoms with Crippen molar-refractivity contribution in [2.24, 2.45) is 0 Å². The maximum atomic E-state index is 13.5. The number of nitrogens with zero attached hydrogens (tertiary/aromatic N) is 5. The molecular weight excluding hydrogens is 522 g/mol. The first-order valence-corrected chi connectivity index (χ1v) is 16.8. The van der Waals surface area contributed by atoms with Crippen LogP contribution in [-0.2, 0) is 11.5 Å². The van der Waals surface area contributed by atoms with Gasteiger partial charge in [0.15, 0.2) is 5.82 Å². The summed E-state index contributed by atoms with van der Waals surface area (Å²) in [6, 6.07) is 11.5. The van der Waals surface area contributed by atoms with Crippen molar-refractivity contribution in [3.63, 3.8) is 0 Å². The van der Waals surface area contributed by atoms with Gasteiger partial charge in [0.25, 0.3) is 0 Å². The minimum Gasteiger partial charge on any atom is -0.371 e. The zero-order valence-electron chi connectivity index (χ0n) is 21.4. The summed E-state index contributed by atoms with van der Waals surface area (Å²) in [5.41, 5.74) is 3.46. The molecule has 0 aliphatic carbocycles. The summed E-state index contributed by atoms with van der Waals surface area (Å²) in [6.45, 7) is 10.0. The van der Waals surface area contributed by atoms with Crippen LogP contribution < -0.4 is 4.90 Å². The largest absolute Gasteiger partial charge is 0.371 e. The minimum atomic E-state index is -1.21. The fourth-order valence-corrected chi connectivity index (χ4v) is 5.58. The van der Waals surface area contributed by atoms with Crippen LogP contribution in [0.1, 0.15) is 29.0 Å². The van der Waals surface area contributed by atoms with Gasteiger partial charge in [-0.25, -0.2) is 9.97 Å². The lowest BCUT2D eigenvalue weighted by Gasteiger charge is -2.36. The summed E-state index contributed by atoms with van der Waals surface area (Å²) in [4.78, 5) is 27.1. The van der Waals surface area contributed by atoms with Crippen molar-refractivity contribution < 1.29 is 9.53 Å². The Morgan fingerprint density at radius 1 is 1.17 bits per heavy atom. The highest BCUT2D eigenvalue weighted by molar-refractivity contribution is 9.10. The quantitative estimate of drug-likeness (QED) is 0.154. The Hall–Kier alpha value is -2.07. The molecule has 1 aliphatic heterocycles. The highest BCUT2D eigenvalue weighted by atomic mass is 79.9. The highest BCUT2D eigenvalue weighted by Crippen LogP contribution is 2.28. The SMILES string of the molecule is CN(C)C1CCN(c2ccc3nc(C(=O)c4ccnc(Br)c4)n(COCC[Si](C)(C)C)c3c2)CC1. The number of ether oxygens (including phenoxy) is 1. The number of piperidine rings is 1. The molecule has 0 atom stereocenters. The van der Waals surface area contributed by atoms with Crippen molar-refractivity contribution in [2.75, 3.05) is 38.7 Å². The van der Waals surface area contributed by atoms with Gasteiger partial charge in [0, 0.05) is 51.3 Å². The molecule has 9 heteroatoms. The van der Waals surface area contributed by atoms with Crippen molar-refractivity contribution >= 4 is 46.5 Å². The molecule has 0 saturated carbocycles. The van der Waals surface area contributed by atoms with Gasteiger partial charge in [-0.15, -0.1) is 0 Å². The molecule has 0 radical (unpaired) electrons. The van der Waals surface area contributed by atoms with Crippen LogP contribution in [0.3, 0.4) is 0 Å². The Morgan fingerprint density at radius 2 is 1.91 bits per heavy atom. The summed E-state index contributed by atoms with van der Waals surface area (Å²) in [5.74, 6) is 0.265. The molecule has 3 heterocycles. The van der Waals surface area contributed by atoms with Crippen molar-refractivity contribution in [3.05, 3.63) is 52.5 Å². The zero-order chi connectivity index (χ0) is 25.2. The normalized spacial score (nSPS) is 15.3. The highest BCUT2D eigenvalue weighted by Gasteiger charge is 2.24. The van der Waals surface area contributed by atoms with Crippen LogP contribution in [0.5, 0.6) is 0 Å². The summed E-state index contributed by atoms with van der Waals surface area (Å²) in [5, 5.41) is 0. The van der Waals surface area contributed by atoms with Crippen LogP contribution in [0.4, 0.5) is 5.69 Å². The van der Waals surface area contributed by atoms with Gasteiger partial charge in [0.1, 0.15) is 11.3 Å². The number of carbonyl (C=O) groups excluding carboxylic acids is 1. The van der Waals surface area contributed by atoms with Crippen molar-refractivity contribution in [3.8, 4) is 0 Å². The number of imidazole rings is 1. The predicted octanol–water partition coefficient (Wildman–Crippen LogP) is 5.27. The van der Waals surface area contributed by atoms with E-state index >= 15 is 0 Å². The third-order valence-electron chi connectivity index (χ3n) is 6.70. The number of hydrogen-bond donors (Lipinski definition) is 0. The smallest absolute Gasteiger partial charge is 0.228 e. The molecule has 4 rings (SSSR count). The van der Waals surface area contributed by atoms with E-state index in [0.29, 0.717) is 35.4 Å². The van der Waals surface area contributed by atoms with E-state index in [1.807, 2.05) is 10.6 Å². The van der Waals surface area contributed by atoms with Crippen molar-refractivity contribution in [2.45, 2.75) is 51.3 Å². The Kier molecular flexibility index (Phi) is 8.10. The number of ketones is 1. The maximum Gasteiger partial charge on any atom is 0.228 e. The number of pyridine rings is 1. The average molecular weight is 559 g/mol. The van der Waals surface area contributed by atoms with Gasteiger partial charge < -0.3 is 14.5 Å². The first-order chi connectivity index (χ1) is 16.6. The molecule has 0 N–H and O–H groups in total. The number of fused-ring (bicyclic) bond motifs is 1. The van der Waals surface area contributed by atoms with E-state index in [9.17, 15) is 4.79 Å². The van der Waals surface area contributed by atoms with E-state index in [1.165, 1.54) is 5.69 Å². The number of hydrogen-bond acceptors (Lipinski definition) is 6. The number of halogens is 1. The third-order valence-corrected chi connectivity index (χ3v) is 8.84. The monoisotopic (exact) mass is 557 g/mol. The van der Waals surface area contributed by atoms with E-state index in [2.05, 4.69) is 76.6 Å². The molecule has 188 valence electrons. The van der Waals surface area contributed by atoms with Crippen LogP contribution in [0.15, 0.2) is 41.1 Å². The number of carbonyl (C=O) groups is 1. The van der Waals surface area contributed by atoms with Gasteiger partial charge in [-0.1, -0.05) is 19.6 Å². The van der Waals surface area contributed by atoms with Gasteiger partial charge in [-0.05, 0) is 79.2 Å². The van der Waals surface area contributed by atoms with E-state index in [-0.39, 0.29) is 5.78 Å². The van der Waals surface area contributed by atoms with Crippen molar-refractivity contribution in [1.82, 2.24) is 19.4 Å². The zero-order valence-corrected chi connectivity index (χ0v) is 24.0. The van der Waals surface area contributed by atoms with E-state index in [4.69, 9.17) is 9.72 Å². The number of aromatic nitrogens is 3. The molecule has 0 bridgehead atoms. The molecule has 1 aliphatic rings. The number of anilines is 1. The molecule has 0 unspecified atom stereocenters. The minimum absolute atomic E-state index is 0.133. The topological polar surface area (TPSA) is 63.5 Å². The Morgan fingerprint density at radius 3 is 2.57 bits per heavy atom. The molecule has 7 nitrogen and oxygen atoms in total. The molecular formula is C26H36BrN5O2Si. The molecule has 3 aromatic rings. The second-order valence-electron chi connectivity index (χ2n) is 10.8. The summed E-state index contributed by atoms with van der Waals surface area (Å²) in [7, 11) is 3.11. The van der Waals surface area contributed by atoms with Crippen LogP contribution in [0.25, 0.3) is 11.0 Å². The second-order valence-corrected chi connectivity index (χ2v) is 17.2.